The number of aliphatic hydroxyl groups is 1. The van der Waals surface area contributed by atoms with E-state index < -0.39 is 31.1 Å². The molecule has 176 valence electrons. The van der Waals surface area contributed by atoms with Crippen LogP contribution in [0.5, 0.6) is 0 Å². The van der Waals surface area contributed by atoms with Crippen LogP contribution in [0.4, 0.5) is 4.79 Å². The Morgan fingerprint density at radius 3 is 2.32 bits per heavy atom. The number of aromatic nitrogens is 1. The van der Waals surface area contributed by atoms with Gasteiger partial charge in [0, 0.05) is 12.5 Å². The summed E-state index contributed by atoms with van der Waals surface area (Å²) in [4.78, 5) is 37.0. The zero-order valence-electron chi connectivity index (χ0n) is 18.1. The second-order valence-electron chi connectivity index (χ2n) is 7.70. The third-order valence-corrected chi connectivity index (χ3v) is 5.60. The molecule has 0 aliphatic heterocycles. The van der Waals surface area contributed by atoms with Gasteiger partial charge in [-0.25, -0.2) is 4.79 Å². The number of hydrogen-bond acceptors (Lipinski definition) is 7. The lowest BCUT2D eigenvalue weighted by molar-refractivity contribution is -0.137. The van der Waals surface area contributed by atoms with Crippen LogP contribution < -0.4 is 5.32 Å². The van der Waals surface area contributed by atoms with Crippen molar-refractivity contribution in [2.75, 3.05) is 26.3 Å². The standard InChI is InChI=1S/C24H23N3O7/c28-10-9-27(12-22(29)30)23(31)20-14-34-26-21(20)11-25-24(32)33-13-19-17-7-3-1-5-15(17)16-6-2-4-8-18(16)19/h1-8,14,19,28H,9-13H2,(H,25,32)(H,29,30). The van der Waals surface area contributed by atoms with Gasteiger partial charge in [0.15, 0.2) is 0 Å². The second-order valence-corrected chi connectivity index (χ2v) is 7.70. The van der Waals surface area contributed by atoms with E-state index in [9.17, 15) is 14.4 Å². The molecular formula is C24H23N3O7. The summed E-state index contributed by atoms with van der Waals surface area (Å²) in [5.74, 6) is -2.00. The zero-order chi connectivity index (χ0) is 24.1. The molecule has 0 saturated carbocycles. The first-order valence-corrected chi connectivity index (χ1v) is 10.6. The van der Waals surface area contributed by atoms with Crippen molar-refractivity contribution in [1.82, 2.24) is 15.4 Å². The highest BCUT2D eigenvalue weighted by molar-refractivity contribution is 5.96. The Bertz CT molecular complexity index is 1160. The number of nitrogens with zero attached hydrogens (tertiary/aromatic N) is 2. The van der Waals surface area contributed by atoms with Crippen LogP contribution in [0.25, 0.3) is 11.1 Å². The van der Waals surface area contributed by atoms with Gasteiger partial charge in [0.25, 0.3) is 5.91 Å². The number of aliphatic carboxylic acids is 1. The summed E-state index contributed by atoms with van der Waals surface area (Å²) in [5, 5.41) is 24.4. The van der Waals surface area contributed by atoms with Crippen molar-refractivity contribution >= 4 is 18.0 Å². The number of nitrogens with one attached hydrogen (secondary N) is 1. The smallest absolute Gasteiger partial charge is 0.407 e. The van der Waals surface area contributed by atoms with Crippen LogP contribution in [-0.4, -0.2) is 64.5 Å². The van der Waals surface area contributed by atoms with Gasteiger partial charge in [-0.3, -0.25) is 9.59 Å². The molecular weight excluding hydrogens is 442 g/mol. The number of amides is 2. The summed E-state index contributed by atoms with van der Waals surface area (Å²) in [6.45, 7) is -1.20. The fourth-order valence-corrected chi connectivity index (χ4v) is 4.07. The first-order valence-electron chi connectivity index (χ1n) is 10.6. The van der Waals surface area contributed by atoms with Gasteiger partial charge in [0.2, 0.25) is 0 Å². The Hall–Kier alpha value is -4.18. The summed E-state index contributed by atoms with van der Waals surface area (Å²) in [5.41, 5.74) is 4.52. The van der Waals surface area contributed by atoms with Gasteiger partial charge >= 0.3 is 12.1 Å². The number of carbonyl (C=O) groups excluding carboxylic acids is 2. The molecule has 1 aromatic heterocycles. The van der Waals surface area contributed by atoms with Gasteiger partial charge in [0.05, 0.1) is 13.2 Å². The van der Waals surface area contributed by atoms with Crippen molar-refractivity contribution in [2.24, 2.45) is 0 Å². The molecule has 0 atom stereocenters. The molecule has 0 saturated heterocycles. The minimum absolute atomic E-state index is 0.00588. The van der Waals surface area contributed by atoms with Crippen molar-refractivity contribution in [3.63, 3.8) is 0 Å². The number of carboxylic acid groups (broad SMARTS) is 1. The highest BCUT2D eigenvalue weighted by atomic mass is 16.5. The van der Waals surface area contributed by atoms with E-state index in [0.717, 1.165) is 33.4 Å². The average molecular weight is 465 g/mol. The first kappa shape index (κ1) is 23.0. The molecule has 0 radical (unpaired) electrons. The molecule has 3 N–H and O–H groups in total. The van der Waals surface area contributed by atoms with Gasteiger partial charge in [-0.2, -0.15) is 0 Å². The van der Waals surface area contributed by atoms with Crippen LogP contribution >= 0.6 is 0 Å². The molecule has 10 nitrogen and oxygen atoms in total. The fraction of sp³-hybridized carbons (Fsp3) is 0.250. The number of carbonyl (C=O) groups is 3. The van der Waals surface area contributed by atoms with Crippen LogP contribution in [0.2, 0.25) is 0 Å². The molecule has 10 heteroatoms. The maximum atomic E-state index is 12.6. The lowest BCUT2D eigenvalue weighted by Crippen LogP contribution is -2.38. The SMILES string of the molecule is O=C(O)CN(CCO)C(=O)c1conc1CNC(=O)OCC1c2ccccc2-c2ccccc21. The maximum Gasteiger partial charge on any atom is 0.407 e. The van der Waals surface area contributed by atoms with Gasteiger partial charge < -0.3 is 29.7 Å². The van der Waals surface area contributed by atoms with Crippen LogP contribution in [0.15, 0.2) is 59.3 Å². The highest BCUT2D eigenvalue weighted by Crippen LogP contribution is 2.44. The number of hydrogen-bond donors (Lipinski definition) is 3. The molecule has 1 aliphatic carbocycles. The van der Waals surface area contributed by atoms with E-state index in [1.807, 2.05) is 48.5 Å². The van der Waals surface area contributed by atoms with Crippen LogP contribution in [0.3, 0.4) is 0 Å². The number of alkyl carbamates (subject to hydrolysis) is 1. The molecule has 1 aliphatic rings. The molecule has 0 bridgehead atoms. The van der Waals surface area contributed by atoms with Gasteiger partial charge in [-0.15, -0.1) is 0 Å². The molecule has 0 fully saturated rings. The number of ether oxygens (including phenoxy) is 1. The van der Waals surface area contributed by atoms with Crippen LogP contribution in [0.1, 0.15) is 33.1 Å². The van der Waals surface area contributed by atoms with E-state index in [1.165, 1.54) is 0 Å². The van der Waals surface area contributed by atoms with E-state index in [1.54, 1.807) is 0 Å². The van der Waals surface area contributed by atoms with Crippen molar-refractivity contribution in [3.8, 4) is 11.1 Å². The van der Waals surface area contributed by atoms with Crippen molar-refractivity contribution in [3.05, 3.63) is 77.2 Å². The molecule has 34 heavy (non-hydrogen) atoms. The molecule has 0 unspecified atom stereocenters. The predicted molar refractivity (Wildman–Crippen MR) is 119 cm³/mol. The van der Waals surface area contributed by atoms with E-state index >= 15 is 0 Å². The first-order chi connectivity index (χ1) is 16.5. The van der Waals surface area contributed by atoms with E-state index in [0.29, 0.717) is 0 Å². The van der Waals surface area contributed by atoms with E-state index in [-0.39, 0.29) is 36.9 Å². The number of rotatable bonds is 9. The second kappa shape index (κ2) is 10.2. The molecule has 3 aromatic rings. The monoisotopic (exact) mass is 465 g/mol. The number of benzene rings is 2. The summed E-state index contributed by atoms with van der Waals surface area (Å²) in [7, 11) is 0. The summed E-state index contributed by atoms with van der Waals surface area (Å²) < 4.78 is 10.3. The highest BCUT2D eigenvalue weighted by Gasteiger charge is 2.29. The molecule has 0 spiro atoms. The number of aliphatic hydroxyl groups excluding tert-OH is 1. The van der Waals surface area contributed by atoms with Crippen LogP contribution in [0, 0.1) is 0 Å². The summed E-state index contributed by atoms with van der Waals surface area (Å²) in [6, 6.07) is 16.0. The van der Waals surface area contributed by atoms with Crippen LogP contribution in [-0.2, 0) is 16.1 Å². The Morgan fingerprint density at radius 2 is 1.71 bits per heavy atom. The Morgan fingerprint density at radius 1 is 1.06 bits per heavy atom. The average Bonchev–Trinajstić information content (AvgIpc) is 3.43. The lowest BCUT2D eigenvalue weighted by Gasteiger charge is -2.19. The molecule has 4 rings (SSSR count). The summed E-state index contributed by atoms with van der Waals surface area (Å²) in [6.07, 6.45) is 0.379. The topological polar surface area (TPSA) is 142 Å². The Kier molecular flexibility index (Phi) is 6.88. The normalized spacial score (nSPS) is 12.0. The Balaban J connectivity index is 1.38. The Labute approximate surface area is 194 Å². The van der Waals surface area contributed by atoms with E-state index in [2.05, 4.69) is 10.5 Å². The van der Waals surface area contributed by atoms with Crippen molar-refractivity contribution < 1.29 is 33.9 Å². The van der Waals surface area contributed by atoms with Gasteiger partial charge in [-0.05, 0) is 22.3 Å². The molecule has 2 amide bonds. The van der Waals surface area contributed by atoms with Crippen molar-refractivity contribution in [2.45, 2.75) is 12.5 Å². The molecule has 1 heterocycles. The van der Waals surface area contributed by atoms with E-state index in [4.69, 9.17) is 19.5 Å². The quantitative estimate of drug-likeness (QED) is 0.437. The predicted octanol–water partition coefficient (Wildman–Crippen LogP) is 2.23. The zero-order valence-corrected chi connectivity index (χ0v) is 18.1. The summed E-state index contributed by atoms with van der Waals surface area (Å²) >= 11 is 0. The van der Waals surface area contributed by atoms with Gasteiger partial charge in [0.1, 0.15) is 30.7 Å². The minimum Gasteiger partial charge on any atom is -0.480 e. The minimum atomic E-state index is -1.23. The number of carboxylic acids is 1. The lowest BCUT2D eigenvalue weighted by atomic mass is 9.98. The van der Waals surface area contributed by atoms with Crippen molar-refractivity contribution in [1.29, 1.82) is 0 Å². The largest absolute Gasteiger partial charge is 0.480 e. The third-order valence-electron chi connectivity index (χ3n) is 5.60. The fourth-order valence-electron chi connectivity index (χ4n) is 4.07. The molecule has 2 aromatic carbocycles. The maximum absolute atomic E-state index is 12.6. The number of fused-ring (bicyclic) bond motifs is 3. The van der Waals surface area contributed by atoms with Gasteiger partial charge in [-0.1, -0.05) is 53.7 Å². The third kappa shape index (κ3) is 4.76.